The Morgan fingerprint density at radius 3 is 2.75 bits per heavy atom. The van der Waals surface area contributed by atoms with Gasteiger partial charge in [-0.1, -0.05) is 11.6 Å². The molecule has 104 valence electrons. The van der Waals surface area contributed by atoms with Gasteiger partial charge in [0.1, 0.15) is 5.75 Å². The van der Waals surface area contributed by atoms with E-state index in [1.165, 1.54) is 24.3 Å². The van der Waals surface area contributed by atoms with E-state index in [1.54, 1.807) is 6.07 Å². The van der Waals surface area contributed by atoms with Crippen molar-refractivity contribution in [3.63, 3.8) is 0 Å². The third-order valence-electron chi connectivity index (χ3n) is 2.23. The van der Waals surface area contributed by atoms with E-state index in [1.807, 2.05) is 0 Å². The van der Waals surface area contributed by atoms with Crippen LogP contribution in [0.5, 0.6) is 5.75 Å². The van der Waals surface area contributed by atoms with Gasteiger partial charge in [0.05, 0.1) is 5.69 Å². The monoisotopic (exact) mass is 374 g/mol. The fraction of sp³-hybridized carbons (Fsp3) is 0. The zero-order valence-corrected chi connectivity index (χ0v) is 13.0. The van der Waals surface area contributed by atoms with Crippen molar-refractivity contribution in [1.82, 2.24) is 5.32 Å². The first-order valence-electron chi connectivity index (χ1n) is 5.32. The van der Waals surface area contributed by atoms with Crippen LogP contribution < -0.4 is 10.6 Å². The fourth-order valence-electron chi connectivity index (χ4n) is 1.36. The Balaban J connectivity index is 2.02. The minimum Gasteiger partial charge on any atom is -0.506 e. The maximum absolute atomic E-state index is 11.8. The summed E-state index contributed by atoms with van der Waals surface area (Å²) in [7, 11) is 0. The van der Waals surface area contributed by atoms with Crippen LogP contribution in [0.25, 0.3) is 0 Å². The second-order valence-corrected chi connectivity index (χ2v) is 5.30. The summed E-state index contributed by atoms with van der Waals surface area (Å²) in [5, 5.41) is 15.1. The van der Waals surface area contributed by atoms with Crippen LogP contribution in [0.1, 0.15) is 10.6 Å². The molecule has 0 unspecified atom stereocenters. The van der Waals surface area contributed by atoms with Crippen molar-refractivity contribution in [2.24, 2.45) is 0 Å². The SMILES string of the molecule is O=C(NC(=S)Nc1cc(Cl)ccc1O)c1ccc(Br)o1. The average molecular weight is 376 g/mol. The lowest BCUT2D eigenvalue weighted by molar-refractivity contribution is 0.0949. The van der Waals surface area contributed by atoms with Crippen LogP contribution >= 0.6 is 39.7 Å². The molecule has 0 saturated carbocycles. The topological polar surface area (TPSA) is 74.5 Å². The van der Waals surface area contributed by atoms with E-state index in [4.69, 9.17) is 28.2 Å². The number of phenolic OH excluding ortho intramolecular Hbond substituents is 1. The third kappa shape index (κ3) is 3.72. The highest BCUT2D eigenvalue weighted by molar-refractivity contribution is 9.10. The number of aromatic hydroxyl groups is 1. The Bertz CT molecular complexity index is 674. The van der Waals surface area contributed by atoms with Gasteiger partial charge in [0, 0.05) is 5.02 Å². The molecule has 0 aliphatic carbocycles. The summed E-state index contributed by atoms with van der Waals surface area (Å²) in [6.45, 7) is 0. The molecule has 3 N–H and O–H groups in total. The number of amides is 1. The minimum atomic E-state index is -0.505. The van der Waals surface area contributed by atoms with Gasteiger partial charge in [-0.05, 0) is 58.5 Å². The Morgan fingerprint density at radius 1 is 1.35 bits per heavy atom. The fourth-order valence-corrected chi connectivity index (χ4v) is 2.04. The largest absolute Gasteiger partial charge is 0.506 e. The molecule has 0 atom stereocenters. The normalized spacial score (nSPS) is 10.1. The molecule has 0 saturated heterocycles. The molecule has 8 heteroatoms. The van der Waals surface area contributed by atoms with Crippen molar-refractivity contribution in [3.05, 3.63) is 45.8 Å². The molecule has 0 aliphatic rings. The van der Waals surface area contributed by atoms with Crippen LogP contribution in [0.2, 0.25) is 5.02 Å². The molecule has 1 heterocycles. The first-order valence-corrected chi connectivity index (χ1v) is 6.90. The number of rotatable bonds is 2. The lowest BCUT2D eigenvalue weighted by Crippen LogP contribution is -2.33. The second-order valence-electron chi connectivity index (χ2n) is 3.67. The lowest BCUT2D eigenvalue weighted by atomic mass is 10.3. The summed E-state index contributed by atoms with van der Waals surface area (Å²) in [5.74, 6) is -0.433. The minimum absolute atomic E-state index is 0.0140. The van der Waals surface area contributed by atoms with E-state index in [-0.39, 0.29) is 16.6 Å². The average Bonchev–Trinajstić information content (AvgIpc) is 2.80. The highest BCUT2D eigenvalue weighted by Gasteiger charge is 2.13. The van der Waals surface area contributed by atoms with Crippen LogP contribution in [0.15, 0.2) is 39.4 Å². The molecule has 1 aromatic carbocycles. The quantitative estimate of drug-likeness (QED) is 0.553. The molecular weight excluding hydrogens is 368 g/mol. The number of nitrogens with one attached hydrogen (secondary N) is 2. The summed E-state index contributed by atoms with van der Waals surface area (Å²) in [5.41, 5.74) is 0.295. The Labute approximate surface area is 133 Å². The van der Waals surface area contributed by atoms with E-state index in [0.717, 1.165) is 0 Å². The van der Waals surface area contributed by atoms with Crippen molar-refractivity contribution < 1.29 is 14.3 Å². The first kappa shape index (κ1) is 14.8. The molecule has 1 aromatic heterocycles. The van der Waals surface area contributed by atoms with Crippen molar-refractivity contribution in [2.45, 2.75) is 0 Å². The predicted octanol–water partition coefficient (Wildman–Crippen LogP) is 3.53. The van der Waals surface area contributed by atoms with Crippen LogP contribution in [0.3, 0.4) is 0 Å². The van der Waals surface area contributed by atoms with Crippen LogP contribution in [0.4, 0.5) is 5.69 Å². The molecule has 2 rings (SSSR count). The lowest BCUT2D eigenvalue weighted by Gasteiger charge is -2.10. The Kier molecular flexibility index (Phi) is 4.64. The molecule has 0 aliphatic heterocycles. The summed E-state index contributed by atoms with van der Waals surface area (Å²) >= 11 is 13.9. The number of thiocarbonyl (C=S) groups is 1. The molecule has 0 radical (unpaired) electrons. The van der Waals surface area contributed by atoms with E-state index in [9.17, 15) is 9.90 Å². The number of carbonyl (C=O) groups excluding carboxylic acids is 1. The van der Waals surface area contributed by atoms with Gasteiger partial charge >= 0.3 is 0 Å². The number of furan rings is 1. The number of hydrogen-bond acceptors (Lipinski definition) is 4. The molecule has 0 spiro atoms. The molecule has 5 nitrogen and oxygen atoms in total. The van der Waals surface area contributed by atoms with Crippen molar-refractivity contribution in [2.75, 3.05) is 5.32 Å². The molecule has 2 aromatic rings. The summed E-state index contributed by atoms with van der Waals surface area (Å²) in [6, 6.07) is 7.52. The van der Waals surface area contributed by atoms with E-state index >= 15 is 0 Å². The zero-order valence-electron chi connectivity index (χ0n) is 9.81. The number of halogens is 2. The van der Waals surface area contributed by atoms with Gasteiger partial charge in [-0.15, -0.1) is 0 Å². The smallest absolute Gasteiger partial charge is 0.293 e. The Hall–Kier alpha value is -1.57. The second kappa shape index (κ2) is 6.25. The summed E-state index contributed by atoms with van der Waals surface area (Å²) < 4.78 is 5.52. The maximum atomic E-state index is 11.8. The number of benzene rings is 1. The maximum Gasteiger partial charge on any atom is 0.293 e. The van der Waals surface area contributed by atoms with E-state index < -0.39 is 5.91 Å². The summed E-state index contributed by atoms with van der Waals surface area (Å²) in [4.78, 5) is 11.8. The van der Waals surface area contributed by atoms with Crippen LogP contribution in [-0.2, 0) is 0 Å². The van der Waals surface area contributed by atoms with Gasteiger partial charge in [0.15, 0.2) is 15.5 Å². The molecule has 20 heavy (non-hydrogen) atoms. The van der Waals surface area contributed by atoms with Gasteiger partial charge in [0.25, 0.3) is 5.91 Å². The number of carbonyl (C=O) groups is 1. The van der Waals surface area contributed by atoms with Gasteiger partial charge in [-0.3, -0.25) is 10.1 Å². The number of anilines is 1. The van der Waals surface area contributed by atoms with E-state index in [2.05, 4.69) is 26.6 Å². The van der Waals surface area contributed by atoms with Gasteiger partial charge in [-0.25, -0.2) is 0 Å². The highest BCUT2D eigenvalue weighted by atomic mass is 79.9. The van der Waals surface area contributed by atoms with Gasteiger partial charge in [-0.2, -0.15) is 0 Å². The summed E-state index contributed by atoms with van der Waals surface area (Å²) in [6.07, 6.45) is 0. The van der Waals surface area contributed by atoms with Crippen molar-refractivity contribution >= 4 is 56.5 Å². The third-order valence-corrected chi connectivity index (χ3v) is 3.10. The molecule has 0 fully saturated rings. The predicted molar refractivity (Wildman–Crippen MR) is 83.2 cm³/mol. The zero-order chi connectivity index (χ0) is 14.7. The van der Waals surface area contributed by atoms with Crippen LogP contribution in [0, 0.1) is 0 Å². The molecule has 1 amide bonds. The van der Waals surface area contributed by atoms with Gasteiger partial charge < -0.3 is 14.8 Å². The standard InChI is InChI=1S/C12H8BrClN2O3S/c13-10-4-3-9(19-10)11(18)16-12(20)15-7-5-6(14)1-2-8(7)17/h1-5,17H,(H2,15,16,18,20). The number of hydrogen-bond donors (Lipinski definition) is 3. The molecular formula is C12H8BrClN2O3S. The van der Waals surface area contributed by atoms with Crippen molar-refractivity contribution in [3.8, 4) is 5.75 Å². The molecule has 0 bridgehead atoms. The van der Waals surface area contributed by atoms with Crippen LogP contribution in [-0.4, -0.2) is 16.1 Å². The Morgan fingerprint density at radius 2 is 2.10 bits per heavy atom. The first-order chi connectivity index (χ1) is 9.45. The van der Waals surface area contributed by atoms with Gasteiger partial charge in [0.2, 0.25) is 0 Å². The van der Waals surface area contributed by atoms with Crippen molar-refractivity contribution in [1.29, 1.82) is 0 Å². The number of phenols is 1. The van der Waals surface area contributed by atoms with E-state index in [0.29, 0.717) is 15.4 Å². The highest BCUT2D eigenvalue weighted by Crippen LogP contribution is 2.26.